The molecule has 0 spiro atoms. The number of benzene rings is 2. The van der Waals surface area contributed by atoms with Crippen molar-refractivity contribution in [2.45, 2.75) is 0 Å². The van der Waals surface area contributed by atoms with Crippen LogP contribution in [0.3, 0.4) is 0 Å². The minimum atomic E-state index is -0.525. The average Bonchev–Trinajstić information content (AvgIpc) is 3.52. The largest absolute Gasteiger partial charge is 0.378 e. The van der Waals surface area contributed by atoms with Crippen LogP contribution in [0.25, 0.3) is 38.3 Å². The van der Waals surface area contributed by atoms with Crippen molar-refractivity contribution in [3.63, 3.8) is 0 Å². The maximum absolute atomic E-state index is 12.5. The van der Waals surface area contributed by atoms with E-state index in [0.717, 1.165) is 40.2 Å². The monoisotopic (exact) mass is 490 g/mol. The van der Waals surface area contributed by atoms with E-state index in [0.29, 0.717) is 40.7 Å². The van der Waals surface area contributed by atoms with E-state index in [1.54, 1.807) is 17.9 Å². The fraction of sp³-hybridized carbons (Fsp3) is 0.167. The Hall–Kier alpha value is -3.53. The number of pyridine rings is 1. The van der Waals surface area contributed by atoms with Crippen LogP contribution in [0.2, 0.25) is 5.02 Å². The predicted molar refractivity (Wildman–Crippen MR) is 134 cm³/mol. The zero-order valence-corrected chi connectivity index (χ0v) is 19.5. The summed E-state index contributed by atoms with van der Waals surface area (Å²) < 4.78 is 7.56. The molecule has 1 saturated heterocycles. The van der Waals surface area contributed by atoms with Crippen LogP contribution in [0.15, 0.2) is 54.3 Å². The minimum Gasteiger partial charge on any atom is -0.378 e. The van der Waals surface area contributed by atoms with Gasteiger partial charge in [0.05, 0.1) is 50.9 Å². The first-order chi connectivity index (χ1) is 16.6. The van der Waals surface area contributed by atoms with Crippen molar-refractivity contribution in [3.8, 4) is 16.4 Å². The first-order valence-electron chi connectivity index (χ1n) is 10.7. The van der Waals surface area contributed by atoms with Gasteiger partial charge in [0.25, 0.3) is 5.91 Å². The number of amides is 1. The van der Waals surface area contributed by atoms with E-state index < -0.39 is 5.91 Å². The van der Waals surface area contributed by atoms with Crippen molar-refractivity contribution in [1.82, 2.24) is 19.5 Å². The van der Waals surface area contributed by atoms with Gasteiger partial charge in [-0.25, -0.2) is 4.98 Å². The van der Waals surface area contributed by atoms with Gasteiger partial charge in [-0.1, -0.05) is 23.7 Å². The molecule has 1 amide bonds. The fourth-order valence-corrected chi connectivity index (χ4v) is 5.23. The number of primary amides is 1. The van der Waals surface area contributed by atoms with Gasteiger partial charge in [-0.2, -0.15) is 0 Å². The van der Waals surface area contributed by atoms with Crippen LogP contribution in [0.5, 0.6) is 0 Å². The van der Waals surface area contributed by atoms with Crippen molar-refractivity contribution in [2.24, 2.45) is 5.73 Å². The molecule has 3 aromatic heterocycles. The maximum Gasteiger partial charge on any atom is 0.251 e. The zero-order chi connectivity index (χ0) is 23.2. The zero-order valence-electron chi connectivity index (χ0n) is 17.9. The number of halogens is 1. The van der Waals surface area contributed by atoms with Gasteiger partial charge in [0.15, 0.2) is 5.82 Å². The average molecular weight is 491 g/mol. The number of fused-ring (bicyclic) bond motifs is 2. The maximum atomic E-state index is 12.5. The summed E-state index contributed by atoms with van der Waals surface area (Å²) in [6, 6.07) is 11.5. The van der Waals surface area contributed by atoms with Crippen LogP contribution in [0, 0.1) is 0 Å². The Morgan fingerprint density at radius 1 is 1.15 bits per heavy atom. The number of thiazole rings is 1. The summed E-state index contributed by atoms with van der Waals surface area (Å²) in [5.74, 6) is 0.148. The van der Waals surface area contributed by atoms with Crippen LogP contribution >= 0.6 is 22.9 Å². The first-order valence-corrected chi connectivity index (χ1v) is 12.0. The summed E-state index contributed by atoms with van der Waals surface area (Å²) in [7, 11) is 0. The van der Waals surface area contributed by atoms with Crippen LogP contribution < -0.4 is 10.6 Å². The number of aromatic nitrogens is 4. The molecule has 0 atom stereocenters. The topological polar surface area (TPSA) is 99.2 Å². The van der Waals surface area contributed by atoms with E-state index >= 15 is 0 Å². The summed E-state index contributed by atoms with van der Waals surface area (Å²) in [6.45, 7) is 2.71. The van der Waals surface area contributed by atoms with E-state index in [-0.39, 0.29) is 0 Å². The number of nitrogens with zero attached hydrogens (tertiary/aromatic N) is 5. The number of carbonyl (C=O) groups excluding carboxylic acids is 1. The summed E-state index contributed by atoms with van der Waals surface area (Å²) in [5, 5.41) is 1.44. The second kappa shape index (κ2) is 8.35. The molecule has 4 heterocycles. The van der Waals surface area contributed by atoms with Crippen molar-refractivity contribution in [1.29, 1.82) is 0 Å². The number of hydrogen-bond acceptors (Lipinski definition) is 7. The highest BCUT2D eigenvalue weighted by Crippen LogP contribution is 2.37. The highest BCUT2D eigenvalue weighted by molar-refractivity contribution is 7.13. The lowest BCUT2D eigenvalue weighted by Gasteiger charge is -2.29. The third kappa shape index (κ3) is 3.40. The van der Waals surface area contributed by atoms with Gasteiger partial charge in [-0.05, 0) is 24.3 Å². The quantitative estimate of drug-likeness (QED) is 0.403. The van der Waals surface area contributed by atoms with Crippen molar-refractivity contribution < 1.29 is 9.53 Å². The molecule has 1 aliphatic rings. The van der Waals surface area contributed by atoms with Crippen molar-refractivity contribution in [2.75, 3.05) is 31.2 Å². The van der Waals surface area contributed by atoms with Gasteiger partial charge in [-0.15, -0.1) is 11.3 Å². The van der Waals surface area contributed by atoms with E-state index in [2.05, 4.69) is 20.9 Å². The van der Waals surface area contributed by atoms with E-state index in [1.165, 1.54) is 11.3 Å². The number of rotatable bonds is 4. The smallest absolute Gasteiger partial charge is 0.251 e. The minimum absolute atomic E-state index is 0.375. The highest BCUT2D eigenvalue weighted by Gasteiger charge is 2.24. The van der Waals surface area contributed by atoms with E-state index in [4.69, 9.17) is 27.1 Å². The Morgan fingerprint density at radius 2 is 2.00 bits per heavy atom. The highest BCUT2D eigenvalue weighted by atomic mass is 35.5. The standard InChI is InChI=1S/C24H19ClN6O2S/c25-17-3-1-2-15-18(4-5-28-21(15)17)31-19-11-14(30-6-8-33-9-7-30)10-16(23(26)32)22(19)29-24(31)20-12-27-13-34-20/h1-5,10-13H,6-9H2,(H2,26,32). The van der Waals surface area contributed by atoms with Crippen molar-refractivity contribution in [3.05, 3.63) is 64.9 Å². The molecule has 0 aliphatic carbocycles. The Kier molecular flexibility index (Phi) is 5.17. The molecule has 0 radical (unpaired) electrons. The number of para-hydroxylation sites is 1. The second-order valence-corrected chi connectivity index (χ2v) is 9.22. The van der Waals surface area contributed by atoms with Crippen molar-refractivity contribution >= 4 is 56.5 Å². The Labute approximate surface area is 203 Å². The molecule has 0 unspecified atom stereocenters. The Balaban J connectivity index is 1.72. The summed E-state index contributed by atoms with van der Waals surface area (Å²) in [6.07, 6.45) is 3.50. The number of imidazole rings is 1. The summed E-state index contributed by atoms with van der Waals surface area (Å²) >= 11 is 7.94. The van der Waals surface area contributed by atoms with Crippen LogP contribution in [0.1, 0.15) is 10.4 Å². The molecule has 5 aromatic rings. The number of ether oxygens (including phenoxy) is 1. The fourth-order valence-electron chi connectivity index (χ4n) is 4.41. The number of morpholine rings is 1. The van der Waals surface area contributed by atoms with Crippen LogP contribution in [-0.2, 0) is 4.74 Å². The molecule has 2 N–H and O–H groups in total. The molecule has 1 aliphatic heterocycles. The van der Waals surface area contributed by atoms with Gasteiger partial charge >= 0.3 is 0 Å². The third-order valence-electron chi connectivity index (χ3n) is 5.98. The Bertz CT molecular complexity index is 1540. The SMILES string of the molecule is NC(=O)c1cc(N2CCOCC2)cc2c1nc(-c1cncs1)n2-c1ccnc2c(Cl)cccc12. The van der Waals surface area contributed by atoms with Gasteiger partial charge in [0.1, 0.15) is 5.52 Å². The number of anilines is 1. The number of carbonyl (C=O) groups is 1. The third-order valence-corrected chi connectivity index (χ3v) is 7.05. The van der Waals surface area contributed by atoms with Crippen LogP contribution in [-0.4, -0.2) is 51.7 Å². The molecular weight excluding hydrogens is 472 g/mol. The lowest BCUT2D eigenvalue weighted by atomic mass is 10.1. The Morgan fingerprint density at radius 3 is 2.76 bits per heavy atom. The van der Waals surface area contributed by atoms with Gasteiger partial charge < -0.3 is 15.4 Å². The molecule has 8 nitrogen and oxygen atoms in total. The molecule has 1 fully saturated rings. The molecule has 170 valence electrons. The predicted octanol–water partition coefficient (Wildman–Crippen LogP) is 4.29. The molecule has 6 rings (SSSR count). The van der Waals surface area contributed by atoms with Gasteiger partial charge in [0, 0.05) is 36.6 Å². The molecular formula is C24H19ClN6O2S. The number of hydrogen-bond donors (Lipinski definition) is 1. The molecule has 34 heavy (non-hydrogen) atoms. The lowest BCUT2D eigenvalue weighted by Crippen LogP contribution is -2.36. The van der Waals surface area contributed by atoms with Gasteiger partial charge in [0.2, 0.25) is 0 Å². The van der Waals surface area contributed by atoms with Gasteiger partial charge in [-0.3, -0.25) is 19.3 Å². The van der Waals surface area contributed by atoms with E-state index in [9.17, 15) is 4.79 Å². The summed E-state index contributed by atoms with van der Waals surface area (Å²) in [4.78, 5) is 29.2. The van der Waals surface area contributed by atoms with E-state index in [1.807, 2.05) is 34.9 Å². The first kappa shape index (κ1) is 21.0. The normalized spacial score (nSPS) is 14.2. The van der Waals surface area contributed by atoms with Crippen LogP contribution in [0.4, 0.5) is 5.69 Å². The second-order valence-electron chi connectivity index (χ2n) is 7.93. The molecule has 0 saturated carbocycles. The lowest BCUT2D eigenvalue weighted by molar-refractivity contribution is 0.100. The molecule has 2 aromatic carbocycles. The summed E-state index contributed by atoms with van der Waals surface area (Å²) in [5.41, 5.74) is 11.7. The molecule has 0 bridgehead atoms. The molecule has 10 heteroatoms. The number of nitrogens with two attached hydrogens (primary N) is 1.